The van der Waals surface area contributed by atoms with Gasteiger partial charge < -0.3 is 10.2 Å². The van der Waals surface area contributed by atoms with Crippen molar-refractivity contribution >= 4 is 29.3 Å². The lowest BCUT2D eigenvalue weighted by Crippen LogP contribution is -2.52. The van der Waals surface area contributed by atoms with Crippen molar-refractivity contribution in [3.8, 4) is 11.5 Å². The molecule has 0 saturated carbocycles. The molecular weight excluding hydrogens is 450 g/mol. The van der Waals surface area contributed by atoms with Gasteiger partial charge in [0.1, 0.15) is 28.2 Å². The van der Waals surface area contributed by atoms with Gasteiger partial charge in [0.25, 0.3) is 0 Å². The third-order valence-corrected chi connectivity index (χ3v) is 4.89. The zero-order chi connectivity index (χ0) is 25.0. The van der Waals surface area contributed by atoms with Crippen LogP contribution in [0.1, 0.15) is 31.8 Å². The van der Waals surface area contributed by atoms with Crippen LogP contribution in [0.2, 0.25) is 0 Å². The normalized spacial score (nSPS) is 12.6. The number of carbonyl (C=O) groups is 4. The van der Waals surface area contributed by atoms with E-state index in [0.29, 0.717) is 22.3 Å². The van der Waals surface area contributed by atoms with Crippen LogP contribution in [0.4, 0.5) is 0 Å². The minimum Gasteiger partial charge on any atom is -0.507 e. The van der Waals surface area contributed by atoms with Crippen molar-refractivity contribution < 1.29 is 61.6 Å². The summed E-state index contributed by atoms with van der Waals surface area (Å²) in [6.45, 7) is 0. The number of carbonyl (C=O) groups excluding carboxylic acids is 4. The lowest BCUT2D eigenvalue weighted by atomic mass is 9.87. The number of hydrogen-bond acceptors (Lipinski definition) is 9. The molecule has 1 aliphatic rings. The molecule has 0 saturated heterocycles. The number of phenols is 2. The largest absolute Gasteiger partial charge is 0.507 e. The predicted octanol–water partition coefficient (Wildman–Crippen LogP) is -1.71. The summed E-state index contributed by atoms with van der Waals surface area (Å²) in [5.74, 6) is 4.97. The van der Waals surface area contributed by atoms with Crippen molar-refractivity contribution in [3.05, 3.63) is 88.0 Å². The highest BCUT2D eigenvalue weighted by atomic mass is 16.7. The number of allylic oxidation sites excluding steroid dienone is 4. The number of hydrogen-bond donors (Lipinski definition) is 5. The van der Waals surface area contributed by atoms with Gasteiger partial charge in [-0.25, -0.2) is 14.4 Å². The van der Waals surface area contributed by atoms with Crippen LogP contribution in [0.3, 0.4) is 0 Å². The SMILES string of the molecule is [NH3+]OC(=O)C1=CC(=C(c2ccc(O)c(C(=O)O[NH3+])c2)c2ccc(O)c(C(=O)O[NH3+])c2)C=CC1=O. The first-order valence-corrected chi connectivity index (χ1v) is 9.46. The molecule has 2 aromatic rings. The summed E-state index contributed by atoms with van der Waals surface area (Å²) < 4.78 is 0. The average molecular weight is 470 g/mol. The first kappa shape index (κ1) is 23.9. The minimum atomic E-state index is -0.967. The number of rotatable bonds is 5. The smallest absolute Gasteiger partial charge is 0.401 e. The highest BCUT2D eigenvalue weighted by Crippen LogP contribution is 2.35. The molecule has 12 nitrogen and oxygen atoms in total. The molecule has 1 aliphatic carbocycles. The number of ketones is 1. The summed E-state index contributed by atoms with van der Waals surface area (Å²) in [7, 11) is 0. The fourth-order valence-corrected chi connectivity index (χ4v) is 3.29. The zero-order valence-corrected chi connectivity index (χ0v) is 17.6. The van der Waals surface area contributed by atoms with Gasteiger partial charge in [0.15, 0.2) is 5.78 Å². The molecule has 0 heterocycles. The van der Waals surface area contributed by atoms with Gasteiger partial charge in [-0.15, -0.1) is 0 Å². The van der Waals surface area contributed by atoms with E-state index in [1.807, 2.05) is 0 Å². The Bertz CT molecular complexity index is 1240. The Balaban J connectivity index is 2.36. The molecule has 2 aromatic carbocycles. The molecule has 3 rings (SSSR count). The van der Waals surface area contributed by atoms with Gasteiger partial charge in [-0.1, -0.05) is 18.2 Å². The van der Waals surface area contributed by atoms with Crippen LogP contribution in [0.25, 0.3) is 5.57 Å². The summed E-state index contributed by atoms with van der Waals surface area (Å²) in [6, 6.07) is 7.99. The summed E-state index contributed by atoms with van der Waals surface area (Å²) in [6.07, 6.45) is 3.80. The molecule has 174 valence electrons. The fourth-order valence-electron chi connectivity index (χ4n) is 3.29. The standard InChI is InChI=1S/C22H18N3O9/c23-32-20(29)13-7-10(1-4-16(13)26)19(11-2-5-17(27)14(8-11)21(30)33-24)12-3-6-18(28)15(9-12)22(31)34-25/h1-9H,23-25H3/q+1/p+2. The number of benzene rings is 2. The quantitative estimate of drug-likeness (QED) is 0.248. The molecule has 11 N–H and O–H groups in total. The Morgan fingerprint density at radius 2 is 1.18 bits per heavy atom. The van der Waals surface area contributed by atoms with E-state index in [0.717, 1.165) is 6.08 Å². The zero-order valence-electron chi connectivity index (χ0n) is 17.6. The van der Waals surface area contributed by atoms with Crippen molar-refractivity contribution in [2.24, 2.45) is 0 Å². The van der Waals surface area contributed by atoms with Crippen LogP contribution in [0.5, 0.6) is 11.5 Å². The molecule has 0 aromatic heterocycles. The molecule has 0 aliphatic heterocycles. The Hall–Kier alpha value is -4.78. The van der Waals surface area contributed by atoms with Gasteiger partial charge in [-0.3, -0.25) is 19.3 Å². The molecule has 0 fully saturated rings. The van der Waals surface area contributed by atoms with Gasteiger partial charge in [0.2, 0.25) is 0 Å². The predicted molar refractivity (Wildman–Crippen MR) is 110 cm³/mol. The molecule has 12 heteroatoms. The fraction of sp³-hybridized carbons (Fsp3) is 0. The van der Waals surface area contributed by atoms with Crippen LogP contribution < -0.4 is 17.7 Å². The summed E-state index contributed by atoms with van der Waals surface area (Å²) in [5.41, 5.74) is 0.541. The molecule has 0 atom stereocenters. The van der Waals surface area contributed by atoms with Gasteiger partial charge in [0.05, 0.1) is 0 Å². The van der Waals surface area contributed by atoms with Crippen LogP contribution >= 0.6 is 0 Å². The number of phenolic OH excluding ortho intramolecular Hbond substituents is 2. The van der Waals surface area contributed by atoms with Crippen molar-refractivity contribution in [3.63, 3.8) is 0 Å². The van der Waals surface area contributed by atoms with Gasteiger partial charge in [-0.2, -0.15) is 17.7 Å². The number of aromatic hydroxyl groups is 2. The van der Waals surface area contributed by atoms with E-state index in [9.17, 15) is 29.4 Å². The van der Waals surface area contributed by atoms with E-state index in [2.05, 4.69) is 32.2 Å². The third kappa shape index (κ3) is 4.54. The van der Waals surface area contributed by atoms with E-state index < -0.39 is 23.7 Å². The maximum Gasteiger partial charge on any atom is 0.401 e. The monoisotopic (exact) mass is 470 g/mol. The van der Waals surface area contributed by atoms with Crippen molar-refractivity contribution in [1.82, 2.24) is 0 Å². The highest BCUT2D eigenvalue weighted by Gasteiger charge is 2.25. The van der Waals surface area contributed by atoms with E-state index in [1.54, 1.807) is 0 Å². The summed E-state index contributed by atoms with van der Waals surface area (Å²) in [4.78, 5) is 61.7. The summed E-state index contributed by atoms with van der Waals surface area (Å²) in [5, 5.41) is 20.2. The van der Waals surface area contributed by atoms with Crippen LogP contribution in [-0.2, 0) is 24.1 Å². The minimum absolute atomic E-state index is 0.209. The first-order chi connectivity index (χ1) is 16.2. The van der Waals surface area contributed by atoms with E-state index in [1.165, 1.54) is 48.6 Å². The molecule has 0 spiro atoms. The molecular formula is C22H20N3O9+3. The second kappa shape index (κ2) is 9.79. The van der Waals surface area contributed by atoms with Gasteiger partial charge >= 0.3 is 17.9 Å². The van der Waals surface area contributed by atoms with Gasteiger partial charge in [0, 0.05) is 0 Å². The summed E-state index contributed by atoms with van der Waals surface area (Å²) >= 11 is 0. The maximum absolute atomic E-state index is 12.2. The molecule has 0 bridgehead atoms. The Labute approximate surface area is 191 Å². The van der Waals surface area contributed by atoms with E-state index in [-0.39, 0.29) is 28.2 Å². The van der Waals surface area contributed by atoms with Crippen LogP contribution in [0, 0.1) is 0 Å². The van der Waals surface area contributed by atoms with Gasteiger partial charge in [-0.05, 0) is 58.7 Å². The molecule has 0 amide bonds. The van der Waals surface area contributed by atoms with E-state index in [4.69, 9.17) is 0 Å². The Kier molecular flexibility index (Phi) is 6.87. The molecule has 0 radical (unpaired) electrons. The van der Waals surface area contributed by atoms with Crippen LogP contribution in [-0.4, -0.2) is 33.9 Å². The maximum atomic E-state index is 12.2. The first-order valence-electron chi connectivity index (χ1n) is 9.46. The molecule has 34 heavy (non-hydrogen) atoms. The molecule has 0 unspecified atom stereocenters. The van der Waals surface area contributed by atoms with Crippen LogP contribution in [0.15, 0.2) is 65.8 Å². The van der Waals surface area contributed by atoms with Crippen molar-refractivity contribution in [1.29, 1.82) is 0 Å². The highest BCUT2D eigenvalue weighted by molar-refractivity contribution is 6.23. The Morgan fingerprint density at radius 3 is 1.62 bits per heavy atom. The lowest BCUT2D eigenvalue weighted by Gasteiger charge is -2.16. The second-order valence-electron chi connectivity index (χ2n) is 6.85. The lowest BCUT2D eigenvalue weighted by molar-refractivity contribution is -0.656. The van der Waals surface area contributed by atoms with E-state index >= 15 is 0 Å². The van der Waals surface area contributed by atoms with Crippen molar-refractivity contribution in [2.45, 2.75) is 0 Å². The van der Waals surface area contributed by atoms with Crippen molar-refractivity contribution in [2.75, 3.05) is 0 Å². The number of quaternary nitrogens is 3. The Morgan fingerprint density at radius 1 is 0.706 bits per heavy atom. The third-order valence-electron chi connectivity index (χ3n) is 4.89. The average Bonchev–Trinajstić information content (AvgIpc) is 2.85. The second-order valence-corrected chi connectivity index (χ2v) is 6.85. The topological polar surface area (TPSA) is 219 Å².